The zero-order valence-electron chi connectivity index (χ0n) is 8.59. The predicted octanol–water partition coefficient (Wildman–Crippen LogP) is 1.95. The highest BCUT2D eigenvalue weighted by atomic mass is 79.9. The van der Waals surface area contributed by atoms with Crippen molar-refractivity contribution < 1.29 is 9.47 Å². The van der Waals surface area contributed by atoms with Gasteiger partial charge in [0.1, 0.15) is 0 Å². The molecule has 0 N–H and O–H groups in total. The topological polar surface area (TPSA) is 44.2 Å². The van der Waals surface area contributed by atoms with Gasteiger partial charge in [-0.1, -0.05) is 27.7 Å². The summed E-state index contributed by atoms with van der Waals surface area (Å²) in [5.41, 5.74) is 0. The fourth-order valence-corrected chi connectivity index (χ4v) is 2.55. The molecule has 0 bridgehead atoms. The zero-order chi connectivity index (χ0) is 11.1. The molecule has 0 saturated heterocycles. The minimum Gasteiger partial charge on any atom is -0.355 e. The Morgan fingerprint density at radius 1 is 1.33 bits per heavy atom. The molecule has 1 heterocycles. The molecule has 1 unspecified atom stereocenters. The Labute approximate surface area is 102 Å². The summed E-state index contributed by atoms with van der Waals surface area (Å²) in [6.07, 6.45) is 3.20. The van der Waals surface area contributed by atoms with Crippen molar-refractivity contribution in [2.45, 2.75) is 16.3 Å². The monoisotopic (exact) mass is 292 g/mol. The molecular weight excluding hydrogens is 280 g/mol. The van der Waals surface area contributed by atoms with Crippen molar-refractivity contribution in [1.29, 1.82) is 0 Å². The van der Waals surface area contributed by atoms with E-state index >= 15 is 0 Å². The zero-order valence-corrected chi connectivity index (χ0v) is 11.0. The fraction of sp³-hybridized carbons (Fsp3) is 0.556. The summed E-state index contributed by atoms with van der Waals surface area (Å²) in [6, 6.07) is 1.79. The van der Waals surface area contributed by atoms with Crippen LogP contribution in [0.5, 0.6) is 0 Å². The number of nitrogens with zero attached hydrogens (tertiary/aromatic N) is 2. The van der Waals surface area contributed by atoms with Crippen LogP contribution in [0.25, 0.3) is 0 Å². The quantitative estimate of drug-likeness (QED) is 0.347. The minimum atomic E-state index is -0.249. The third-order valence-electron chi connectivity index (χ3n) is 1.67. The molecule has 1 aromatic heterocycles. The van der Waals surface area contributed by atoms with Gasteiger partial charge in [0.25, 0.3) is 0 Å². The predicted molar refractivity (Wildman–Crippen MR) is 63.3 cm³/mol. The Hall–Kier alpha value is -0.170. The fourth-order valence-electron chi connectivity index (χ4n) is 0.984. The highest BCUT2D eigenvalue weighted by Gasteiger charge is 2.18. The molecule has 1 rings (SSSR count). The second kappa shape index (κ2) is 7.16. The first-order valence-electron chi connectivity index (χ1n) is 4.37. The SMILES string of the molecule is COC(OC)C(Br)CSc1ncccn1. The summed E-state index contributed by atoms with van der Waals surface area (Å²) >= 11 is 5.05. The highest BCUT2D eigenvalue weighted by molar-refractivity contribution is 9.09. The smallest absolute Gasteiger partial charge is 0.187 e. The van der Waals surface area contributed by atoms with Crippen molar-refractivity contribution in [1.82, 2.24) is 9.97 Å². The lowest BCUT2D eigenvalue weighted by molar-refractivity contribution is -0.0970. The average Bonchev–Trinajstić information content (AvgIpc) is 2.29. The van der Waals surface area contributed by atoms with E-state index in [1.807, 2.05) is 0 Å². The van der Waals surface area contributed by atoms with Crippen LogP contribution in [0.2, 0.25) is 0 Å². The lowest BCUT2D eigenvalue weighted by Gasteiger charge is -2.18. The van der Waals surface area contributed by atoms with Crippen LogP contribution in [0, 0.1) is 0 Å². The number of alkyl halides is 1. The molecule has 0 aromatic carbocycles. The van der Waals surface area contributed by atoms with Crippen LogP contribution in [0.3, 0.4) is 0 Å². The summed E-state index contributed by atoms with van der Waals surface area (Å²) in [7, 11) is 3.23. The van der Waals surface area contributed by atoms with Gasteiger partial charge in [-0.3, -0.25) is 0 Å². The summed E-state index contributed by atoms with van der Waals surface area (Å²) in [6.45, 7) is 0. The standard InChI is InChI=1S/C9H13BrN2O2S/c1-13-8(14-2)7(10)6-15-9-11-4-3-5-12-9/h3-5,7-8H,6H2,1-2H3. The van der Waals surface area contributed by atoms with Crippen molar-refractivity contribution in [2.75, 3.05) is 20.0 Å². The van der Waals surface area contributed by atoms with Crippen LogP contribution in [0.15, 0.2) is 23.6 Å². The van der Waals surface area contributed by atoms with E-state index < -0.39 is 0 Å². The van der Waals surface area contributed by atoms with Gasteiger partial charge in [-0.2, -0.15) is 0 Å². The van der Waals surface area contributed by atoms with E-state index in [0.717, 1.165) is 10.9 Å². The third-order valence-corrected chi connectivity index (χ3v) is 3.85. The van der Waals surface area contributed by atoms with Gasteiger partial charge in [0.05, 0.1) is 4.83 Å². The van der Waals surface area contributed by atoms with Crippen molar-refractivity contribution in [3.05, 3.63) is 18.5 Å². The number of ether oxygens (including phenoxy) is 2. The number of methoxy groups -OCH3 is 2. The first-order valence-corrected chi connectivity index (χ1v) is 6.27. The number of hydrogen-bond donors (Lipinski definition) is 0. The van der Waals surface area contributed by atoms with E-state index in [1.165, 1.54) is 0 Å². The largest absolute Gasteiger partial charge is 0.355 e. The van der Waals surface area contributed by atoms with Crippen LogP contribution in [-0.2, 0) is 9.47 Å². The maximum absolute atomic E-state index is 5.13. The molecule has 0 saturated carbocycles. The second-order valence-corrected chi connectivity index (χ2v) is 4.86. The Morgan fingerprint density at radius 3 is 2.47 bits per heavy atom. The lowest BCUT2D eigenvalue weighted by atomic mass is 10.5. The van der Waals surface area contributed by atoms with Crippen molar-refractivity contribution in [3.63, 3.8) is 0 Å². The molecule has 4 nitrogen and oxygen atoms in total. The molecule has 1 atom stereocenters. The van der Waals surface area contributed by atoms with E-state index in [4.69, 9.17) is 9.47 Å². The van der Waals surface area contributed by atoms with Gasteiger partial charge >= 0.3 is 0 Å². The van der Waals surface area contributed by atoms with Crippen LogP contribution in [-0.4, -0.2) is 41.1 Å². The summed E-state index contributed by atoms with van der Waals surface area (Å²) < 4.78 is 10.3. The van der Waals surface area contributed by atoms with E-state index in [-0.39, 0.29) is 11.1 Å². The van der Waals surface area contributed by atoms with Gasteiger partial charge in [-0.05, 0) is 6.07 Å². The van der Waals surface area contributed by atoms with Gasteiger partial charge < -0.3 is 9.47 Å². The normalized spacial score (nSPS) is 13.1. The summed E-state index contributed by atoms with van der Waals surface area (Å²) in [5.74, 6) is 0.788. The van der Waals surface area contributed by atoms with Crippen molar-refractivity contribution >= 4 is 27.7 Å². The van der Waals surface area contributed by atoms with Gasteiger partial charge in [-0.15, -0.1) is 0 Å². The van der Waals surface area contributed by atoms with Crippen LogP contribution >= 0.6 is 27.7 Å². The van der Waals surface area contributed by atoms with Crippen LogP contribution in [0.1, 0.15) is 0 Å². The molecular formula is C9H13BrN2O2S. The van der Waals surface area contributed by atoms with Crippen molar-refractivity contribution in [3.8, 4) is 0 Å². The second-order valence-electron chi connectivity index (χ2n) is 2.70. The molecule has 0 aliphatic carbocycles. The van der Waals surface area contributed by atoms with Crippen LogP contribution in [0.4, 0.5) is 0 Å². The van der Waals surface area contributed by atoms with Gasteiger partial charge in [0.2, 0.25) is 0 Å². The molecule has 0 aliphatic rings. The maximum Gasteiger partial charge on any atom is 0.187 e. The average molecular weight is 293 g/mol. The molecule has 0 spiro atoms. The van der Waals surface area contributed by atoms with E-state index in [1.54, 1.807) is 44.4 Å². The van der Waals surface area contributed by atoms with Crippen molar-refractivity contribution in [2.24, 2.45) is 0 Å². The number of aromatic nitrogens is 2. The molecule has 6 heteroatoms. The Balaban J connectivity index is 2.36. The maximum atomic E-state index is 5.13. The molecule has 15 heavy (non-hydrogen) atoms. The molecule has 1 aromatic rings. The Kier molecular flexibility index (Phi) is 6.16. The van der Waals surface area contributed by atoms with E-state index in [0.29, 0.717) is 0 Å². The van der Waals surface area contributed by atoms with Gasteiger partial charge in [-0.25, -0.2) is 9.97 Å². The molecule has 0 amide bonds. The molecule has 0 radical (unpaired) electrons. The summed E-state index contributed by atoms with van der Waals surface area (Å²) in [5, 5.41) is 0.757. The Morgan fingerprint density at radius 2 is 1.93 bits per heavy atom. The molecule has 0 fully saturated rings. The lowest BCUT2D eigenvalue weighted by Crippen LogP contribution is -2.26. The van der Waals surface area contributed by atoms with Gasteiger partial charge in [0, 0.05) is 32.4 Å². The number of halogens is 1. The van der Waals surface area contributed by atoms with E-state index in [2.05, 4.69) is 25.9 Å². The van der Waals surface area contributed by atoms with Crippen LogP contribution < -0.4 is 0 Å². The number of rotatable bonds is 6. The number of thioether (sulfide) groups is 1. The summed E-state index contributed by atoms with van der Waals surface area (Å²) in [4.78, 5) is 8.33. The number of hydrogen-bond acceptors (Lipinski definition) is 5. The van der Waals surface area contributed by atoms with E-state index in [9.17, 15) is 0 Å². The van der Waals surface area contributed by atoms with Gasteiger partial charge in [0.15, 0.2) is 11.4 Å². The minimum absolute atomic E-state index is 0.112. The molecule has 0 aliphatic heterocycles. The third kappa shape index (κ3) is 4.46. The Bertz CT molecular complexity index is 272. The highest BCUT2D eigenvalue weighted by Crippen LogP contribution is 2.20. The first-order chi connectivity index (χ1) is 7.27. The molecule has 84 valence electrons. The first kappa shape index (κ1) is 12.9.